The molecular formula is C25H32N2O6S. The van der Waals surface area contributed by atoms with Crippen LogP contribution in [0.25, 0.3) is 0 Å². The average molecular weight is 489 g/mol. The number of Topliss-reactive ketones (excluding diaryl/α,β-unsaturated/α-hetero) is 1. The Hall–Kier alpha value is -2.91. The number of ether oxygens (including phenoxy) is 2. The highest BCUT2D eigenvalue weighted by Gasteiger charge is 2.27. The van der Waals surface area contributed by atoms with Crippen LogP contribution in [0.15, 0.2) is 47.4 Å². The molecule has 9 heteroatoms. The monoisotopic (exact) mass is 488 g/mol. The summed E-state index contributed by atoms with van der Waals surface area (Å²) in [5.41, 5.74) is 1.16. The summed E-state index contributed by atoms with van der Waals surface area (Å²) in [6, 6.07) is 11.2. The molecule has 2 aromatic carbocycles. The number of carbonyl (C=O) groups is 2. The Kier molecular flexibility index (Phi) is 8.68. The van der Waals surface area contributed by atoms with Crippen LogP contribution in [0.4, 0.5) is 5.69 Å². The van der Waals surface area contributed by atoms with Crippen molar-refractivity contribution in [2.75, 3.05) is 44.3 Å². The van der Waals surface area contributed by atoms with E-state index in [1.54, 1.807) is 44.2 Å². The van der Waals surface area contributed by atoms with Crippen molar-refractivity contribution < 1.29 is 27.5 Å². The van der Waals surface area contributed by atoms with Gasteiger partial charge in [0, 0.05) is 31.7 Å². The van der Waals surface area contributed by atoms with Crippen molar-refractivity contribution in [3.05, 3.63) is 53.6 Å². The van der Waals surface area contributed by atoms with Crippen molar-refractivity contribution in [1.82, 2.24) is 4.31 Å². The van der Waals surface area contributed by atoms with Crippen molar-refractivity contribution in [2.24, 2.45) is 0 Å². The zero-order valence-electron chi connectivity index (χ0n) is 20.0. The first-order valence-electron chi connectivity index (χ1n) is 11.6. The molecule has 0 aromatic heterocycles. The molecule has 0 amide bonds. The van der Waals surface area contributed by atoms with Gasteiger partial charge >= 0.3 is 5.97 Å². The lowest BCUT2D eigenvalue weighted by atomic mass is 10.1. The second-order valence-electron chi connectivity index (χ2n) is 7.92. The van der Waals surface area contributed by atoms with E-state index in [-0.39, 0.29) is 16.2 Å². The SMILES string of the molecule is CCOc1ccc(C(=O)COC(=O)c2cc(S(=O)(=O)N(CC)CC)ccc2N2CCCC2)cc1. The largest absolute Gasteiger partial charge is 0.494 e. The molecule has 0 atom stereocenters. The molecule has 1 fully saturated rings. The maximum Gasteiger partial charge on any atom is 0.340 e. The summed E-state index contributed by atoms with van der Waals surface area (Å²) in [6.07, 6.45) is 1.98. The van der Waals surface area contributed by atoms with E-state index < -0.39 is 22.6 Å². The number of hydrogen-bond donors (Lipinski definition) is 0. The minimum absolute atomic E-state index is 0.0314. The molecule has 0 radical (unpaired) electrons. The molecule has 3 rings (SSSR count). The number of hydrogen-bond acceptors (Lipinski definition) is 7. The van der Waals surface area contributed by atoms with Gasteiger partial charge in [-0.25, -0.2) is 13.2 Å². The number of ketones is 1. The van der Waals surface area contributed by atoms with Gasteiger partial charge in [0.05, 0.1) is 22.8 Å². The van der Waals surface area contributed by atoms with Crippen LogP contribution >= 0.6 is 0 Å². The van der Waals surface area contributed by atoms with Crippen LogP contribution in [0.2, 0.25) is 0 Å². The number of benzene rings is 2. The number of sulfonamides is 1. The van der Waals surface area contributed by atoms with E-state index in [0.29, 0.717) is 36.7 Å². The first-order valence-corrected chi connectivity index (χ1v) is 13.1. The minimum Gasteiger partial charge on any atom is -0.494 e. The summed E-state index contributed by atoms with van der Waals surface area (Å²) >= 11 is 0. The van der Waals surface area contributed by atoms with Crippen molar-refractivity contribution in [3.63, 3.8) is 0 Å². The van der Waals surface area contributed by atoms with Crippen molar-refractivity contribution in [1.29, 1.82) is 0 Å². The Morgan fingerprint density at radius 2 is 1.62 bits per heavy atom. The maximum atomic E-state index is 13.1. The standard InChI is InChI=1S/C25H32N2O6S/c1-4-27(5-2)34(30,31)21-13-14-23(26-15-7-8-16-26)22(17-21)25(29)33-18-24(28)19-9-11-20(12-10-19)32-6-3/h9-14,17H,4-8,15-16,18H2,1-3H3. The van der Waals surface area contributed by atoms with Gasteiger partial charge in [0.1, 0.15) is 5.75 Å². The Balaban J connectivity index is 1.83. The highest BCUT2D eigenvalue weighted by Crippen LogP contribution is 2.29. The van der Waals surface area contributed by atoms with Gasteiger partial charge in [-0.3, -0.25) is 4.79 Å². The molecule has 0 unspecified atom stereocenters. The molecule has 1 aliphatic heterocycles. The third-order valence-electron chi connectivity index (χ3n) is 5.80. The zero-order valence-corrected chi connectivity index (χ0v) is 20.8. The number of anilines is 1. The molecule has 8 nitrogen and oxygen atoms in total. The molecule has 0 saturated carbocycles. The Morgan fingerprint density at radius 1 is 0.971 bits per heavy atom. The Labute approximate surface area is 201 Å². The fourth-order valence-corrected chi connectivity index (χ4v) is 5.47. The molecule has 0 spiro atoms. The first kappa shape index (κ1) is 25.7. The summed E-state index contributed by atoms with van der Waals surface area (Å²) in [6.45, 7) is 7.67. The molecule has 1 aliphatic rings. The van der Waals surface area contributed by atoms with Gasteiger partial charge in [-0.2, -0.15) is 4.31 Å². The van der Waals surface area contributed by atoms with Gasteiger partial charge in [-0.15, -0.1) is 0 Å². The lowest BCUT2D eigenvalue weighted by Gasteiger charge is -2.23. The predicted octanol–water partition coefficient (Wildman–Crippen LogP) is 3.76. The fourth-order valence-electron chi connectivity index (χ4n) is 3.98. The van der Waals surface area contributed by atoms with E-state index in [9.17, 15) is 18.0 Å². The highest BCUT2D eigenvalue weighted by molar-refractivity contribution is 7.89. The highest BCUT2D eigenvalue weighted by atomic mass is 32.2. The van der Waals surface area contributed by atoms with E-state index >= 15 is 0 Å². The van der Waals surface area contributed by atoms with Gasteiger partial charge in [-0.1, -0.05) is 13.8 Å². The minimum atomic E-state index is -3.75. The fraction of sp³-hybridized carbons (Fsp3) is 0.440. The maximum absolute atomic E-state index is 13.1. The molecule has 0 bridgehead atoms. The molecule has 34 heavy (non-hydrogen) atoms. The van der Waals surface area contributed by atoms with Crippen LogP contribution in [0.1, 0.15) is 54.3 Å². The molecule has 184 valence electrons. The summed E-state index contributed by atoms with van der Waals surface area (Å²) in [5, 5.41) is 0. The van der Waals surface area contributed by atoms with Crippen LogP contribution in [0.5, 0.6) is 5.75 Å². The van der Waals surface area contributed by atoms with Gasteiger partial charge in [0.2, 0.25) is 10.0 Å². The summed E-state index contributed by atoms with van der Waals surface area (Å²) in [5.74, 6) is -0.429. The van der Waals surface area contributed by atoms with E-state index in [1.165, 1.54) is 16.4 Å². The summed E-state index contributed by atoms with van der Waals surface area (Å²) < 4.78 is 38.1. The summed E-state index contributed by atoms with van der Waals surface area (Å²) in [7, 11) is -3.75. The molecule has 0 N–H and O–H groups in total. The van der Waals surface area contributed by atoms with Crippen LogP contribution in [-0.4, -0.2) is 63.9 Å². The number of rotatable bonds is 11. The van der Waals surface area contributed by atoms with Crippen LogP contribution in [0, 0.1) is 0 Å². The smallest absolute Gasteiger partial charge is 0.340 e. The Morgan fingerprint density at radius 3 is 2.21 bits per heavy atom. The van der Waals surface area contributed by atoms with Crippen LogP contribution in [0.3, 0.4) is 0 Å². The normalized spacial score (nSPS) is 13.8. The first-order chi connectivity index (χ1) is 16.3. The van der Waals surface area contributed by atoms with Crippen LogP contribution < -0.4 is 9.64 Å². The quantitative estimate of drug-likeness (QED) is 0.351. The second-order valence-corrected chi connectivity index (χ2v) is 9.86. The molecule has 2 aromatic rings. The lowest BCUT2D eigenvalue weighted by Crippen LogP contribution is -2.31. The van der Waals surface area contributed by atoms with Gasteiger partial charge in [0.25, 0.3) is 0 Å². The average Bonchev–Trinajstić information content (AvgIpc) is 3.38. The van der Waals surface area contributed by atoms with Crippen molar-refractivity contribution >= 4 is 27.5 Å². The Bertz CT molecular complexity index is 1100. The predicted molar refractivity (Wildman–Crippen MR) is 130 cm³/mol. The van der Waals surface area contributed by atoms with E-state index in [2.05, 4.69) is 0 Å². The van der Waals surface area contributed by atoms with Crippen molar-refractivity contribution in [2.45, 2.75) is 38.5 Å². The van der Waals surface area contributed by atoms with Crippen LogP contribution in [-0.2, 0) is 14.8 Å². The number of esters is 1. The van der Waals surface area contributed by atoms with E-state index in [1.807, 2.05) is 11.8 Å². The number of nitrogens with zero attached hydrogens (tertiary/aromatic N) is 2. The zero-order chi connectivity index (χ0) is 24.7. The van der Waals surface area contributed by atoms with E-state index in [0.717, 1.165) is 25.9 Å². The molecule has 0 aliphatic carbocycles. The molecular weight excluding hydrogens is 456 g/mol. The molecule has 1 saturated heterocycles. The topological polar surface area (TPSA) is 93.2 Å². The van der Waals surface area contributed by atoms with Gasteiger partial charge in [-0.05, 0) is 62.2 Å². The third kappa shape index (κ3) is 5.77. The van der Waals surface area contributed by atoms with Gasteiger partial charge in [0.15, 0.2) is 12.4 Å². The van der Waals surface area contributed by atoms with Crippen molar-refractivity contribution in [3.8, 4) is 5.75 Å². The second kappa shape index (κ2) is 11.5. The molecule has 1 heterocycles. The van der Waals surface area contributed by atoms with E-state index in [4.69, 9.17) is 9.47 Å². The third-order valence-corrected chi connectivity index (χ3v) is 7.85. The number of carbonyl (C=O) groups excluding carboxylic acids is 2. The lowest BCUT2D eigenvalue weighted by molar-refractivity contribution is 0.0475. The van der Waals surface area contributed by atoms with Gasteiger partial charge < -0.3 is 14.4 Å². The summed E-state index contributed by atoms with van der Waals surface area (Å²) in [4.78, 5) is 27.7.